The van der Waals surface area contributed by atoms with Gasteiger partial charge in [0.25, 0.3) is 5.56 Å². The van der Waals surface area contributed by atoms with Crippen LogP contribution in [0.2, 0.25) is 0 Å². The third-order valence-corrected chi connectivity index (χ3v) is 3.40. The van der Waals surface area contributed by atoms with Crippen molar-refractivity contribution in [1.29, 1.82) is 0 Å². The average Bonchev–Trinajstić information content (AvgIpc) is 2.40. The van der Waals surface area contributed by atoms with Crippen molar-refractivity contribution in [1.82, 2.24) is 9.78 Å². The van der Waals surface area contributed by atoms with Gasteiger partial charge in [-0.05, 0) is 50.5 Å². The van der Waals surface area contributed by atoms with Gasteiger partial charge in [0.2, 0.25) is 5.91 Å². The van der Waals surface area contributed by atoms with Gasteiger partial charge < -0.3 is 5.32 Å². The molecule has 0 aliphatic carbocycles. The van der Waals surface area contributed by atoms with E-state index >= 15 is 0 Å². The van der Waals surface area contributed by atoms with Gasteiger partial charge in [0.05, 0.1) is 5.69 Å². The minimum atomic E-state index is -0.269. The lowest BCUT2D eigenvalue weighted by molar-refractivity contribution is -0.117. The summed E-state index contributed by atoms with van der Waals surface area (Å²) in [5.74, 6) is -0.262. The van der Waals surface area contributed by atoms with Crippen molar-refractivity contribution in [3.63, 3.8) is 0 Å². The second-order valence-electron chi connectivity index (χ2n) is 5.28. The molecule has 1 amide bonds. The monoisotopic (exact) mass is 285 g/mol. The molecule has 0 radical (unpaired) electrons. The van der Waals surface area contributed by atoms with E-state index in [-0.39, 0.29) is 18.0 Å². The summed E-state index contributed by atoms with van der Waals surface area (Å²) in [7, 11) is 0. The number of hydrogen-bond acceptors (Lipinski definition) is 3. The van der Waals surface area contributed by atoms with Gasteiger partial charge >= 0.3 is 0 Å². The zero-order valence-electron chi connectivity index (χ0n) is 12.7. The summed E-state index contributed by atoms with van der Waals surface area (Å²) in [6.07, 6.45) is 0. The lowest BCUT2D eigenvalue weighted by Crippen LogP contribution is -2.30. The van der Waals surface area contributed by atoms with Crippen molar-refractivity contribution in [3.8, 4) is 0 Å². The summed E-state index contributed by atoms with van der Waals surface area (Å²) in [6.45, 7) is 7.44. The van der Waals surface area contributed by atoms with Gasteiger partial charge in [-0.2, -0.15) is 5.10 Å². The van der Waals surface area contributed by atoms with Crippen molar-refractivity contribution < 1.29 is 4.79 Å². The molecule has 0 aliphatic heterocycles. The number of hydrogen-bond donors (Lipinski definition) is 1. The Bertz CT molecular complexity index is 748. The quantitative estimate of drug-likeness (QED) is 0.939. The van der Waals surface area contributed by atoms with E-state index < -0.39 is 0 Å². The number of rotatable bonds is 3. The number of benzene rings is 1. The maximum atomic E-state index is 12.1. The molecule has 0 saturated heterocycles. The van der Waals surface area contributed by atoms with Crippen LogP contribution in [0.4, 0.5) is 5.69 Å². The Kier molecular flexibility index (Phi) is 4.21. The van der Waals surface area contributed by atoms with E-state index in [1.807, 2.05) is 45.9 Å². The van der Waals surface area contributed by atoms with Crippen LogP contribution in [0.3, 0.4) is 0 Å². The number of aromatic nitrogens is 2. The molecule has 21 heavy (non-hydrogen) atoms. The molecule has 5 nitrogen and oxygen atoms in total. The molecule has 2 aromatic rings. The Morgan fingerprint density at radius 3 is 2.57 bits per heavy atom. The first-order valence-corrected chi connectivity index (χ1v) is 6.79. The number of aryl methyl sites for hydroxylation is 4. The standard InChI is InChI=1S/C16H19N3O2/c1-10-5-6-11(2)14(7-10)17-15(20)9-19-16(21)8-12(3)13(4)18-19/h5-8H,9H2,1-4H3,(H,17,20). The van der Waals surface area contributed by atoms with Gasteiger partial charge in [-0.15, -0.1) is 0 Å². The van der Waals surface area contributed by atoms with E-state index in [1.165, 1.54) is 10.7 Å². The maximum absolute atomic E-state index is 12.1. The predicted molar refractivity (Wildman–Crippen MR) is 82.5 cm³/mol. The molecule has 1 N–H and O–H groups in total. The third-order valence-electron chi connectivity index (χ3n) is 3.40. The van der Waals surface area contributed by atoms with E-state index in [0.29, 0.717) is 0 Å². The molecule has 0 spiro atoms. The van der Waals surface area contributed by atoms with E-state index in [4.69, 9.17) is 0 Å². The molecule has 0 aliphatic rings. The highest BCUT2D eigenvalue weighted by Crippen LogP contribution is 2.16. The lowest BCUT2D eigenvalue weighted by atomic mass is 10.1. The second-order valence-corrected chi connectivity index (χ2v) is 5.28. The first-order chi connectivity index (χ1) is 9.86. The first kappa shape index (κ1) is 15.0. The van der Waals surface area contributed by atoms with Crippen LogP contribution in [0, 0.1) is 27.7 Å². The van der Waals surface area contributed by atoms with Gasteiger partial charge in [0, 0.05) is 11.8 Å². The Morgan fingerprint density at radius 1 is 1.14 bits per heavy atom. The number of nitrogens with zero attached hydrogens (tertiary/aromatic N) is 2. The van der Waals surface area contributed by atoms with Crippen molar-refractivity contribution in [2.75, 3.05) is 5.32 Å². The SMILES string of the molecule is Cc1ccc(C)c(NC(=O)Cn2nc(C)c(C)cc2=O)c1. The topological polar surface area (TPSA) is 64.0 Å². The maximum Gasteiger partial charge on any atom is 0.267 e. The second kappa shape index (κ2) is 5.91. The highest BCUT2D eigenvalue weighted by Gasteiger charge is 2.09. The molecule has 2 rings (SSSR count). The zero-order valence-corrected chi connectivity index (χ0v) is 12.7. The van der Waals surface area contributed by atoms with E-state index in [9.17, 15) is 9.59 Å². The fourth-order valence-electron chi connectivity index (χ4n) is 1.98. The fourth-order valence-corrected chi connectivity index (χ4v) is 1.98. The van der Waals surface area contributed by atoms with Crippen LogP contribution in [-0.2, 0) is 11.3 Å². The van der Waals surface area contributed by atoms with Crippen molar-refractivity contribution in [2.24, 2.45) is 0 Å². The number of carbonyl (C=O) groups is 1. The Balaban J connectivity index is 2.17. The molecule has 110 valence electrons. The molecule has 1 aromatic carbocycles. The van der Waals surface area contributed by atoms with Gasteiger partial charge in [-0.25, -0.2) is 4.68 Å². The van der Waals surface area contributed by atoms with Gasteiger partial charge in [0.1, 0.15) is 6.54 Å². The minimum absolute atomic E-state index is 0.0899. The van der Waals surface area contributed by atoms with E-state index in [0.717, 1.165) is 28.1 Å². The lowest BCUT2D eigenvalue weighted by Gasteiger charge is -2.10. The minimum Gasteiger partial charge on any atom is -0.324 e. The van der Waals surface area contributed by atoms with Crippen molar-refractivity contribution >= 4 is 11.6 Å². The molecule has 0 bridgehead atoms. The summed E-state index contributed by atoms with van der Waals surface area (Å²) in [6, 6.07) is 7.34. The molecule has 0 fully saturated rings. The largest absolute Gasteiger partial charge is 0.324 e. The number of amides is 1. The summed E-state index contributed by atoms with van der Waals surface area (Å²) in [4.78, 5) is 23.9. The molecular formula is C16H19N3O2. The van der Waals surface area contributed by atoms with Crippen LogP contribution in [-0.4, -0.2) is 15.7 Å². The van der Waals surface area contributed by atoms with Crippen LogP contribution in [0.5, 0.6) is 0 Å². The molecule has 1 aromatic heterocycles. The average molecular weight is 285 g/mol. The van der Waals surface area contributed by atoms with Crippen LogP contribution >= 0.6 is 0 Å². The molecule has 0 saturated carbocycles. The van der Waals surface area contributed by atoms with Crippen LogP contribution in [0.15, 0.2) is 29.1 Å². The zero-order chi connectivity index (χ0) is 15.6. The number of carbonyl (C=O) groups excluding carboxylic acids is 1. The molecular weight excluding hydrogens is 266 g/mol. The smallest absolute Gasteiger partial charge is 0.267 e. The fraction of sp³-hybridized carbons (Fsp3) is 0.312. The number of anilines is 1. The van der Waals surface area contributed by atoms with Gasteiger partial charge in [0.15, 0.2) is 0 Å². The highest BCUT2D eigenvalue weighted by atomic mass is 16.2. The third kappa shape index (κ3) is 3.56. The van der Waals surface area contributed by atoms with Crippen molar-refractivity contribution in [3.05, 3.63) is 57.0 Å². The van der Waals surface area contributed by atoms with Crippen LogP contribution in [0.1, 0.15) is 22.4 Å². The Labute approximate surface area is 123 Å². The number of nitrogens with one attached hydrogen (secondary N) is 1. The van der Waals surface area contributed by atoms with Crippen molar-refractivity contribution in [2.45, 2.75) is 34.2 Å². The van der Waals surface area contributed by atoms with Crippen LogP contribution < -0.4 is 10.9 Å². The Morgan fingerprint density at radius 2 is 1.86 bits per heavy atom. The predicted octanol–water partition coefficient (Wildman–Crippen LogP) is 2.12. The van der Waals surface area contributed by atoms with E-state index in [1.54, 1.807) is 0 Å². The molecule has 0 atom stereocenters. The summed E-state index contributed by atoms with van der Waals surface area (Å²) >= 11 is 0. The summed E-state index contributed by atoms with van der Waals surface area (Å²) < 4.78 is 1.18. The summed E-state index contributed by atoms with van der Waals surface area (Å²) in [5, 5.41) is 6.96. The molecule has 0 unspecified atom stereocenters. The van der Waals surface area contributed by atoms with Gasteiger partial charge in [-0.1, -0.05) is 12.1 Å². The Hall–Kier alpha value is -2.43. The normalized spacial score (nSPS) is 10.5. The molecule has 1 heterocycles. The highest BCUT2D eigenvalue weighted by molar-refractivity contribution is 5.91. The van der Waals surface area contributed by atoms with E-state index in [2.05, 4.69) is 10.4 Å². The summed E-state index contributed by atoms with van der Waals surface area (Å²) in [5.41, 5.74) is 4.11. The first-order valence-electron chi connectivity index (χ1n) is 6.79. The van der Waals surface area contributed by atoms with Gasteiger partial charge in [-0.3, -0.25) is 9.59 Å². The van der Waals surface area contributed by atoms with Crippen LogP contribution in [0.25, 0.3) is 0 Å². The molecule has 5 heteroatoms.